The molecule has 0 aromatic rings. The molecule has 0 heterocycles. The fourth-order valence-electron chi connectivity index (χ4n) is 0. The number of rotatable bonds is 0. The molecule has 0 rings (SSSR count). The van der Waals surface area contributed by atoms with Gasteiger partial charge in [-0.15, -0.1) is 34.8 Å². The Kier molecular flexibility index (Phi) is 15.5. The third-order valence-electron chi connectivity index (χ3n) is 0. The van der Waals surface area contributed by atoms with E-state index in [2.05, 4.69) is 11.6 Å². The predicted molar refractivity (Wildman–Crippen MR) is 32.9 cm³/mol. The lowest BCUT2D eigenvalue weighted by Gasteiger charge is -1.72. The maximum Gasteiger partial charge on any atom is 0.105 e. The molecule has 3 heteroatoms. The van der Waals surface area contributed by atoms with E-state index in [0.29, 0.717) is 0 Å². The van der Waals surface area contributed by atoms with Gasteiger partial charge >= 0.3 is 0 Å². The zero-order valence-corrected chi connectivity index (χ0v) is 5.98. The van der Waals surface area contributed by atoms with Crippen molar-refractivity contribution < 1.29 is 0 Å². The topological polar surface area (TPSA) is 0 Å². The summed E-state index contributed by atoms with van der Waals surface area (Å²) in [4.78, 5) is -0.222. The second-order valence-electron chi connectivity index (χ2n) is 0.519. The van der Waals surface area contributed by atoms with E-state index in [-0.39, 0.29) is 4.84 Å². The van der Waals surface area contributed by atoms with Crippen LogP contribution >= 0.6 is 34.8 Å². The third kappa shape index (κ3) is 96.4. The van der Waals surface area contributed by atoms with Gasteiger partial charge < -0.3 is 0 Å². The van der Waals surface area contributed by atoms with Crippen LogP contribution < -0.4 is 0 Å². The van der Waals surface area contributed by atoms with Crippen LogP contribution in [-0.2, 0) is 0 Å². The van der Waals surface area contributed by atoms with E-state index in [9.17, 15) is 0 Å². The van der Waals surface area contributed by atoms with Gasteiger partial charge in [0.25, 0.3) is 0 Å². The van der Waals surface area contributed by atoms with Crippen molar-refractivity contribution in [1.82, 2.24) is 0 Å². The molecule has 0 aliphatic heterocycles. The molecule has 40 valence electrons. The first-order valence-corrected chi connectivity index (χ1v) is 3.02. The van der Waals surface area contributed by atoms with E-state index in [0.717, 1.165) is 0 Å². The second kappa shape index (κ2) is 9.30. The Morgan fingerprint density at radius 2 is 1.17 bits per heavy atom. The van der Waals surface area contributed by atoms with Crippen LogP contribution in [0.4, 0.5) is 0 Å². The monoisotopic (exact) mass is 148 g/mol. The summed E-state index contributed by atoms with van der Waals surface area (Å²) in [6.07, 6.45) is 1.47. The van der Waals surface area contributed by atoms with E-state index < -0.39 is 0 Å². The van der Waals surface area contributed by atoms with Gasteiger partial charge in [-0.05, 0) is 6.92 Å². The highest BCUT2D eigenvalue weighted by Gasteiger charge is 1.75. The average Bonchev–Trinajstić information content (AvgIpc) is 1.41. The lowest BCUT2D eigenvalue weighted by Crippen LogP contribution is -1.63. The van der Waals surface area contributed by atoms with Gasteiger partial charge in [0.05, 0.1) is 0 Å². The summed E-state index contributed by atoms with van der Waals surface area (Å²) in [5, 5.41) is 0. The van der Waals surface area contributed by atoms with Crippen molar-refractivity contribution in [1.29, 1.82) is 0 Å². The molecular formula is C3H7Cl3. The zero-order valence-electron chi connectivity index (χ0n) is 3.71. The Labute approximate surface area is 53.4 Å². The minimum Gasteiger partial charge on any atom is -0.130 e. The van der Waals surface area contributed by atoms with Crippen LogP contribution in [0.3, 0.4) is 0 Å². The van der Waals surface area contributed by atoms with Gasteiger partial charge in [-0.1, -0.05) is 0 Å². The van der Waals surface area contributed by atoms with Crippen molar-refractivity contribution >= 4 is 34.8 Å². The molecule has 0 aromatic carbocycles. The van der Waals surface area contributed by atoms with Crippen molar-refractivity contribution in [3.8, 4) is 0 Å². The van der Waals surface area contributed by atoms with Crippen LogP contribution in [0.25, 0.3) is 0 Å². The fraction of sp³-hybridized carbons (Fsp3) is 1.00. The first-order valence-electron chi connectivity index (χ1n) is 1.39. The molecule has 0 saturated carbocycles. The maximum absolute atomic E-state index is 5.04. The van der Waals surface area contributed by atoms with Crippen molar-refractivity contribution in [2.45, 2.75) is 11.8 Å². The number of alkyl halides is 3. The average molecular weight is 149 g/mol. The molecule has 0 unspecified atom stereocenters. The highest BCUT2D eigenvalue weighted by molar-refractivity contribution is 6.43. The van der Waals surface area contributed by atoms with Crippen LogP contribution in [0.1, 0.15) is 6.92 Å². The lowest BCUT2D eigenvalue weighted by atomic mass is 11.0. The first kappa shape index (κ1) is 9.98. The van der Waals surface area contributed by atoms with Crippen LogP contribution in [0, 0.1) is 0 Å². The van der Waals surface area contributed by atoms with Crippen molar-refractivity contribution in [3.63, 3.8) is 0 Å². The van der Waals surface area contributed by atoms with Crippen LogP contribution in [0.2, 0.25) is 0 Å². The van der Waals surface area contributed by atoms with Gasteiger partial charge in [-0.3, -0.25) is 0 Å². The molecule has 0 amide bonds. The van der Waals surface area contributed by atoms with E-state index in [4.69, 9.17) is 23.2 Å². The van der Waals surface area contributed by atoms with E-state index >= 15 is 0 Å². The van der Waals surface area contributed by atoms with Gasteiger partial charge in [0, 0.05) is 6.38 Å². The SMILES string of the molecule is CC(Cl)Cl.CCl. The molecule has 0 aliphatic carbocycles. The van der Waals surface area contributed by atoms with Gasteiger partial charge in [-0.2, -0.15) is 0 Å². The summed E-state index contributed by atoms with van der Waals surface area (Å²) < 4.78 is 0. The smallest absolute Gasteiger partial charge is 0.105 e. The van der Waals surface area contributed by atoms with Gasteiger partial charge in [0.15, 0.2) is 0 Å². The molecule has 0 spiro atoms. The summed E-state index contributed by atoms with van der Waals surface area (Å²) >= 11 is 14.7. The summed E-state index contributed by atoms with van der Waals surface area (Å²) in [6.45, 7) is 1.70. The molecule has 0 saturated heterocycles. The molecule has 0 atom stereocenters. The second-order valence-corrected chi connectivity index (χ2v) is 2.05. The lowest BCUT2D eigenvalue weighted by molar-refractivity contribution is 1.39. The minimum atomic E-state index is -0.222. The molecule has 0 aliphatic rings. The Morgan fingerprint density at radius 3 is 1.17 bits per heavy atom. The number of hydrogen-bond donors (Lipinski definition) is 0. The normalized spacial score (nSPS) is 7.00. The molecule has 0 N–H and O–H groups in total. The van der Waals surface area contributed by atoms with Crippen LogP contribution in [0.15, 0.2) is 0 Å². The molecule has 0 fully saturated rings. The van der Waals surface area contributed by atoms with E-state index in [1.165, 1.54) is 6.38 Å². The molecule has 0 aromatic heterocycles. The maximum atomic E-state index is 5.04. The van der Waals surface area contributed by atoms with Gasteiger partial charge in [-0.25, -0.2) is 0 Å². The first-order chi connectivity index (χ1) is 2.73. The van der Waals surface area contributed by atoms with Crippen molar-refractivity contribution in [3.05, 3.63) is 0 Å². The fourth-order valence-corrected chi connectivity index (χ4v) is 0. The highest BCUT2D eigenvalue weighted by Crippen LogP contribution is 1.95. The van der Waals surface area contributed by atoms with Crippen molar-refractivity contribution in [2.24, 2.45) is 0 Å². The van der Waals surface area contributed by atoms with Crippen molar-refractivity contribution in [2.75, 3.05) is 6.38 Å². The summed E-state index contributed by atoms with van der Waals surface area (Å²) in [7, 11) is 0. The Morgan fingerprint density at radius 1 is 1.17 bits per heavy atom. The zero-order chi connectivity index (χ0) is 5.58. The summed E-state index contributed by atoms with van der Waals surface area (Å²) in [5.41, 5.74) is 0. The van der Waals surface area contributed by atoms with E-state index in [1.807, 2.05) is 0 Å². The Bertz CT molecular complexity index is 10.8. The Balaban J connectivity index is 0. The summed E-state index contributed by atoms with van der Waals surface area (Å²) in [5.74, 6) is 0. The minimum absolute atomic E-state index is 0.222. The van der Waals surface area contributed by atoms with Gasteiger partial charge in [0.2, 0.25) is 0 Å². The quantitative estimate of drug-likeness (QED) is 0.465. The molecule has 6 heavy (non-hydrogen) atoms. The van der Waals surface area contributed by atoms with Gasteiger partial charge in [0.1, 0.15) is 4.84 Å². The largest absolute Gasteiger partial charge is 0.130 e. The number of hydrogen-bond acceptors (Lipinski definition) is 0. The summed E-state index contributed by atoms with van der Waals surface area (Å²) in [6, 6.07) is 0. The standard InChI is InChI=1S/C2H4Cl2.CH3Cl/c1-2(3)4;1-2/h2H,1H3;1H3. The Hall–Kier alpha value is 0.870. The van der Waals surface area contributed by atoms with E-state index in [1.54, 1.807) is 6.92 Å². The van der Waals surface area contributed by atoms with Crippen LogP contribution in [0.5, 0.6) is 0 Å². The molecule has 0 nitrogen and oxygen atoms in total. The molecular weight excluding hydrogens is 142 g/mol. The predicted octanol–water partition coefficient (Wildman–Crippen LogP) is 2.67. The number of halogens is 3. The highest BCUT2D eigenvalue weighted by atomic mass is 35.5. The molecule has 0 radical (unpaired) electrons. The third-order valence-corrected chi connectivity index (χ3v) is 0. The molecule has 0 bridgehead atoms. The van der Waals surface area contributed by atoms with Crippen LogP contribution in [-0.4, -0.2) is 11.2 Å².